The molecule has 4 aromatic rings. The summed E-state index contributed by atoms with van der Waals surface area (Å²) in [5, 5.41) is 2.89. The van der Waals surface area contributed by atoms with Crippen molar-refractivity contribution in [1.82, 2.24) is 0 Å². The zero-order valence-electron chi connectivity index (χ0n) is 19.3. The first kappa shape index (κ1) is 24.0. The molecule has 0 heterocycles. The number of hydrogen-bond donors (Lipinski definition) is 1. The van der Waals surface area contributed by atoms with E-state index in [9.17, 15) is 13.2 Å². The summed E-state index contributed by atoms with van der Waals surface area (Å²) in [5.41, 5.74) is 2.80. The summed E-state index contributed by atoms with van der Waals surface area (Å²) in [5.74, 6) is 0.125. The quantitative estimate of drug-likeness (QED) is 0.335. The molecular formula is C28H26N2O4S. The molecular weight excluding hydrogens is 460 g/mol. The molecule has 0 radical (unpaired) electrons. The SMILES string of the molecule is CCOc1ccc(S(=O)(=O)N(CC(=O)Nc2ccccc2-c2ccccc2)c2ccccc2)cc1. The average Bonchev–Trinajstić information content (AvgIpc) is 2.89. The van der Waals surface area contributed by atoms with Crippen LogP contribution in [-0.2, 0) is 14.8 Å². The number of anilines is 2. The van der Waals surface area contributed by atoms with Crippen LogP contribution >= 0.6 is 0 Å². The third kappa shape index (κ3) is 5.70. The Hall–Kier alpha value is -4.10. The Bertz CT molecular complexity index is 1370. The van der Waals surface area contributed by atoms with Gasteiger partial charge < -0.3 is 10.1 Å². The highest BCUT2D eigenvalue weighted by molar-refractivity contribution is 7.92. The van der Waals surface area contributed by atoms with E-state index < -0.39 is 15.9 Å². The fourth-order valence-corrected chi connectivity index (χ4v) is 5.11. The highest BCUT2D eigenvalue weighted by Gasteiger charge is 2.27. The Balaban J connectivity index is 1.63. The molecule has 0 bridgehead atoms. The van der Waals surface area contributed by atoms with Crippen molar-refractivity contribution in [3.63, 3.8) is 0 Å². The van der Waals surface area contributed by atoms with E-state index in [0.29, 0.717) is 23.7 Å². The standard InChI is InChI=1S/C28H26N2O4S/c1-2-34-24-17-19-25(20-18-24)35(32,33)30(23-13-7-4-8-14-23)21-28(31)29-27-16-10-9-15-26(27)22-11-5-3-6-12-22/h3-20H,2,21H2,1H3,(H,29,31). The fourth-order valence-electron chi connectivity index (χ4n) is 3.69. The smallest absolute Gasteiger partial charge is 0.264 e. The highest BCUT2D eigenvalue weighted by atomic mass is 32.2. The minimum atomic E-state index is -4.02. The number of hydrogen-bond acceptors (Lipinski definition) is 4. The molecule has 6 nitrogen and oxygen atoms in total. The molecule has 4 aromatic carbocycles. The van der Waals surface area contributed by atoms with Gasteiger partial charge in [-0.05, 0) is 55.0 Å². The van der Waals surface area contributed by atoms with Crippen LogP contribution in [0.2, 0.25) is 0 Å². The molecule has 0 unspecified atom stereocenters. The maximum atomic E-state index is 13.6. The molecule has 0 spiro atoms. The topological polar surface area (TPSA) is 75.7 Å². The Morgan fingerprint density at radius 1 is 0.800 bits per heavy atom. The maximum Gasteiger partial charge on any atom is 0.264 e. The van der Waals surface area contributed by atoms with Crippen LogP contribution in [0.25, 0.3) is 11.1 Å². The van der Waals surface area contributed by atoms with Crippen LogP contribution in [0, 0.1) is 0 Å². The number of para-hydroxylation sites is 2. The summed E-state index contributed by atoms with van der Waals surface area (Å²) >= 11 is 0. The van der Waals surface area contributed by atoms with Crippen molar-refractivity contribution in [1.29, 1.82) is 0 Å². The molecule has 0 aliphatic rings. The van der Waals surface area contributed by atoms with E-state index >= 15 is 0 Å². The second kappa shape index (κ2) is 10.9. The number of amides is 1. The number of nitrogens with zero attached hydrogens (tertiary/aromatic N) is 1. The summed E-state index contributed by atoms with van der Waals surface area (Å²) < 4.78 is 33.7. The lowest BCUT2D eigenvalue weighted by Crippen LogP contribution is -2.38. The van der Waals surface area contributed by atoms with Crippen molar-refractivity contribution in [2.75, 3.05) is 22.8 Å². The number of ether oxygens (including phenoxy) is 1. The van der Waals surface area contributed by atoms with E-state index in [2.05, 4.69) is 5.32 Å². The predicted octanol–water partition coefficient (Wildman–Crippen LogP) is 5.59. The molecule has 0 aliphatic heterocycles. The third-order valence-electron chi connectivity index (χ3n) is 5.34. The summed E-state index contributed by atoms with van der Waals surface area (Å²) in [6.07, 6.45) is 0. The lowest BCUT2D eigenvalue weighted by atomic mass is 10.0. The molecule has 0 fully saturated rings. The Kier molecular flexibility index (Phi) is 7.48. The average molecular weight is 487 g/mol. The number of rotatable bonds is 9. The van der Waals surface area contributed by atoms with E-state index in [0.717, 1.165) is 15.4 Å². The summed E-state index contributed by atoms with van der Waals surface area (Å²) in [7, 11) is -4.02. The zero-order chi connectivity index (χ0) is 24.7. The lowest BCUT2D eigenvalue weighted by Gasteiger charge is -2.24. The van der Waals surface area contributed by atoms with Crippen molar-refractivity contribution in [3.05, 3.63) is 109 Å². The first-order valence-electron chi connectivity index (χ1n) is 11.2. The van der Waals surface area contributed by atoms with Crippen LogP contribution in [0.5, 0.6) is 5.75 Å². The molecule has 4 rings (SSSR count). The second-order valence-corrected chi connectivity index (χ2v) is 9.57. The third-order valence-corrected chi connectivity index (χ3v) is 7.13. The minimum Gasteiger partial charge on any atom is -0.494 e. The normalized spacial score (nSPS) is 11.0. The first-order valence-corrected chi connectivity index (χ1v) is 12.7. The zero-order valence-corrected chi connectivity index (χ0v) is 20.1. The van der Waals surface area contributed by atoms with Gasteiger partial charge in [-0.15, -0.1) is 0 Å². The van der Waals surface area contributed by atoms with Crippen LogP contribution in [0.15, 0.2) is 114 Å². The van der Waals surface area contributed by atoms with Crippen LogP contribution in [0.1, 0.15) is 6.92 Å². The van der Waals surface area contributed by atoms with Gasteiger partial charge in [0.1, 0.15) is 12.3 Å². The van der Waals surface area contributed by atoms with Gasteiger partial charge in [0.05, 0.1) is 17.2 Å². The molecule has 0 saturated carbocycles. The molecule has 1 amide bonds. The van der Waals surface area contributed by atoms with E-state index in [4.69, 9.17) is 4.74 Å². The molecule has 0 saturated heterocycles. The van der Waals surface area contributed by atoms with Crippen LogP contribution in [0.4, 0.5) is 11.4 Å². The van der Waals surface area contributed by atoms with Crippen LogP contribution in [-0.4, -0.2) is 27.5 Å². The number of benzene rings is 4. The molecule has 7 heteroatoms. The molecule has 1 N–H and O–H groups in total. The highest BCUT2D eigenvalue weighted by Crippen LogP contribution is 2.29. The lowest BCUT2D eigenvalue weighted by molar-refractivity contribution is -0.114. The van der Waals surface area contributed by atoms with Gasteiger partial charge in [0.25, 0.3) is 10.0 Å². The maximum absolute atomic E-state index is 13.6. The second-order valence-electron chi connectivity index (χ2n) is 7.71. The van der Waals surface area contributed by atoms with E-state index in [-0.39, 0.29) is 11.4 Å². The van der Waals surface area contributed by atoms with Gasteiger partial charge in [-0.2, -0.15) is 0 Å². The van der Waals surface area contributed by atoms with E-state index in [1.165, 1.54) is 12.1 Å². The minimum absolute atomic E-state index is 0.0716. The van der Waals surface area contributed by atoms with Gasteiger partial charge in [0.2, 0.25) is 5.91 Å². The van der Waals surface area contributed by atoms with Crippen LogP contribution in [0.3, 0.4) is 0 Å². The van der Waals surface area contributed by atoms with Gasteiger partial charge in [0, 0.05) is 11.3 Å². The van der Waals surface area contributed by atoms with Crippen molar-refractivity contribution in [2.24, 2.45) is 0 Å². The van der Waals surface area contributed by atoms with Crippen molar-refractivity contribution < 1.29 is 17.9 Å². The van der Waals surface area contributed by atoms with Gasteiger partial charge in [-0.3, -0.25) is 9.10 Å². The molecule has 178 valence electrons. The summed E-state index contributed by atoms with van der Waals surface area (Å²) in [6, 6.07) is 31.9. The number of carbonyl (C=O) groups excluding carboxylic acids is 1. The van der Waals surface area contributed by atoms with E-state index in [1.54, 1.807) is 48.5 Å². The van der Waals surface area contributed by atoms with Crippen molar-refractivity contribution in [2.45, 2.75) is 11.8 Å². The first-order chi connectivity index (χ1) is 17.0. The summed E-state index contributed by atoms with van der Waals surface area (Å²) in [4.78, 5) is 13.2. The number of carbonyl (C=O) groups is 1. The molecule has 35 heavy (non-hydrogen) atoms. The van der Waals surface area contributed by atoms with Crippen molar-refractivity contribution >= 4 is 27.3 Å². The van der Waals surface area contributed by atoms with Gasteiger partial charge in [0.15, 0.2) is 0 Å². The molecule has 0 atom stereocenters. The van der Waals surface area contributed by atoms with E-state index in [1.807, 2.05) is 55.5 Å². The largest absolute Gasteiger partial charge is 0.494 e. The van der Waals surface area contributed by atoms with Crippen LogP contribution < -0.4 is 14.4 Å². The van der Waals surface area contributed by atoms with Crippen molar-refractivity contribution in [3.8, 4) is 16.9 Å². The Morgan fingerprint density at radius 2 is 1.40 bits per heavy atom. The number of sulfonamides is 1. The van der Waals surface area contributed by atoms with Gasteiger partial charge in [-0.1, -0.05) is 66.7 Å². The fraction of sp³-hybridized carbons (Fsp3) is 0.107. The Morgan fingerprint density at radius 3 is 2.06 bits per heavy atom. The summed E-state index contributed by atoms with van der Waals surface area (Å²) in [6.45, 7) is 1.95. The molecule has 0 aliphatic carbocycles. The number of nitrogens with one attached hydrogen (secondary N) is 1. The van der Waals surface area contributed by atoms with Gasteiger partial charge in [-0.25, -0.2) is 8.42 Å². The molecule has 0 aromatic heterocycles. The Labute approximate surface area is 205 Å². The predicted molar refractivity (Wildman–Crippen MR) is 139 cm³/mol. The monoisotopic (exact) mass is 486 g/mol. The van der Waals surface area contributed by atoms with Gasteiger partial charge >= 0.3 is 0 Å².